The highest BCUT2D eigenvalue weighted by atomic mass is 32.2. The Bertz CT molecular complexity index is 444. The molecule has 2 N–H and O–H groups in total. The molecular formula is C14H20FNOS. The Morgan fingerprint density at radius 3 is 2.56 bits per heavy atom. The molecule has 0 saturated heterocycles. The van der Waals surface area contributed by atoms with Gasteiger partial charge < -0.3 is 5.73 Å². The van der Waals surface area contributed by atoms with E-state index in [0.29, 0.717) is 4.90 Å². The van der Waals surface area contributed by atoms with Crippen LogP contribution in [0.25, 0.3) is 0 Å². The molecule has 2 nitrogen and oxygen atoms in total. The second kappa shape index (κ2) is 5.10. The number of halogens is 1. The molecule has 2 rings (SSSR count). The largest absolute Gasteiger partial charge is 0.327 e. The second-order valence-electron chi connectivity index (χ2n) is 5.86. The molecule has 1 saturated carbocycles. The average Bonchev–Trinajstić information content (AvgIpc) is 2.32. The molecule has 18 heavy (non-hydrogen) atoms. The summed E-state index contributed by atoms with van der Waals surface area (Å²) in [6.45, 7) is 4.38. The smallest absolute Gasteiger partial charge is 0.123 e. The Balaban J connectivity index is 2.19. The minimum absolute atomic E-state index is 0.0242. The predicted octanol–water partition coefficient (Wildman–Crippen LogP) is 2.84. The van der Waals surface area contributed by atoms with Gasteiger partial charge in [-0.3, -0.25) is 4.21 Å². The van der Waals surface area contributed by atoms with Crippen LogP contribution < -0.4 is 5.73 Å². The Morgan fingerprint density at radius 2 is 1.94 bits per heavy atom. The lowest BCUT2D eigenvalue weighted by molar-refractivity contribution is 0.230. The fraction of sp³-hybridized carbons (Fsp3) is 0.571. The van der Waals surface area contributed by atoms with Crippen LogP contribution in [0.2, 0.25) is 0 Å². The molecule has 1 aliphatic rings. The average molecular weight is 269 g/mol. The lowest BCUT2D eigenvalue weighted by atomic mass is 9.75. The van der Waals surface area contributed by atoms with Gasteiger partial charge in [0.05, 0.1) is 16.0 Å². The molecule has 0 amide bonds. The van der Waals surface area contributed by atoms with E-state index in [2.05, 4.69) is 13.8 Å². The molecule has 1 fully saturated rings. The molecule has 1 aliphatic carbocycles. The van der Waals surface area contributed by atoms with Crippen LogP contribution >= 0.6 is 0 Å². The molecule has 0 aliphatic heterocycles. The van der Waals surface area contributed by atoms with Crippen LogP contribution in [0.5, 0.6) is 0 Å². The number of hydrogen-bond donors (Lipinski definition) is 1. The van der Waals surface area contributed by atoms with Gasteiger partial charge in [0.15, 0.2) is 0 Å². The molecule has 3 unspecified atom stereocenters. The van der Waals surface area contributed by atoms with Crippen molar-refractivity contribution in [2.45, 2.75) is 49.3 Å². The summed E-state index contributed by atoms with van der Waals surface area (Å²) in [5.74, 6) is -0.302. The first-order chi connectivity index (χ1) is 8.39. The summed E-state index contributed by atoms with van der Waals surface area (Å²) in [6, 6.07) is 5.88. The maximum atomic E-state index is 12.9. The lowest BCUT2D eigenvalue weighted by Gasteiger charge is -2.38. The van der Waals surface area contributed by atoms with E-state index in [1.54, 1.807) is 12.1 Å². The van der Waals surface area contributed by atoms with Gasteiger partial charge >= 0.3 is 0 Å². The lowest BCUT2D eigenvalue weighted by Crippen LogP contribution is -2.45. The van der Waals surface area contributed by atoms with Crippen LogP contribution in [0.3, 0.4) is 0 Å². The summed E-state index contributed by atoms with van der Waals surface area (Å²) in [5.41, 5.74) is 6.29. The summed E-state index contributed by atoms with van der Waals surface area (Å²) in [5, 5.41) is -0.0285. The Morgan fingerprint density at radius 1 is 1.33 bits per heavy atom. The monoisotopic (exact) mass is 269 g/mol. The zero-order valence-corrected chi connectivity index (χ0v) is 11.7. The third-order valence-electron chi connectivity index (χ3n) is 3.71. The van der Waals surface area contributed by atoms with Crippen molar-refractivity contribution >= 4 is 10.8 Å². The zero-order valence-electron chi connectivity index (χ0n) is 10.9. The maximum absolute atomic E-state index is 12.9. The summed E-state index contributed by atoms with van der Waals surface area (Å²) in [6.07, 6.45) is 2.84. The van der Waals surface area contributed by atoms with E-state index in [1.807, 2.05) is 0 Å². The first-order valence-electron chi connectivity index (χ1n) is 6.31. The predicted molar refractivity (Wildman–Crippen MR) is 72.2 cm³/mol. The first-order valence-corrected chi connectivity index (χ1v) is 7.52. The SMILES string of the molecule is CC1(C)CCC(N)C(S(=O)c2ccc(F)cc2)C1. The van der Waals surface area contributed by atoms with Gasteiger partial charge in [-0.25, -0.2) is 4.39 Å². The summed E-state index contributed by atoms with van der Waals surface area (Å²) < 4.78 is 25.4. The van der Waals surface area contributed by atoms with Crippen LogP contribution in [0, 0.1) is 11.2 Å². The molecule has 1 aromatic carbocycles. The van der Waals surface area contributed by atoms with Crippen molar-refractivity contribution in [1.82, 2.24) is 0 Å². The van der Waals surface area contributed by atoms with Gasteiger partial charge in [-0.2, -0.15) is 0 Å². The van der Waals surface area contributed by atoms with E-state index < -0.39 is 10.8 Å². The van der Waals surface area contributed by atoms with Crippen LogP contribution in [0.1, 0.15) is 33.1 Å². The van der Waals surface area contributed by atoms with Gasteiger partial charge in [0.2, 0.25) is 0 Å². The third-order valence-corrected chi connectivity index (χ3v) is 5.51. The molecular weight excluding hydrogens is 249 g/mol. The van der Waals surface area contributed by atoms with Gasteiger partial charge in [0.25, 0.3) is 0 Å². The normalized spacial score (nSPS) is 28.9. The van der Waals surface area contributed by atoms with Crippen LogP contribution in [-0.4, -0.2) is 15.5 Å². The van der Waals surface area contributed by atoms with Gasteiger partial charge in [-0.1, -0.05) is 13.8 Å². The zero-order chi connectivity index (χ0) is 13.3. The molecule has 100 valence electrons. The van der Waals surface area contributed by atoms with Crippen molar-refractivity contribution in [3.63, 3.8) is 0 Å². The molecule has 0 heterocycles. The fourth-order valence-corrected chi connectivity index (χ4v) is 4.33. The molecule has 4 heteroatoms. The number of rotatable bonds is 2. The summed E-state index contributed by atoms with van der Waals surface area (Å²) in [4.78, 5) is 0.676. The molecule has 1 aromatic rings. The van der Waals surface area contributed by atoms with E-state index in [4.69, 9.17) is 5.73 Å². The van der Waals surface area contributed by atoms with Crippen molar-refractivity contribution in [2.75, 3.05) is 0 Å². The third kappa shape index (κ3) is 2.98. The highest BCUT2D eigenvalue weighted by molar-refractivity contribution is 7.85. The molecule has 0 spiro atoms. The minimum Gasteiger partial charge on any atom is -0.327 e. The molecule has 3 atom stereocenters. The van der Waals surface area contributed by atoms with Crippen molar-refractivity contribution in [3.8, 4) is 0 Å². The topological polar surface area (TPSA) is 43.1 Å². The van der Waals surface area contributed by atoms with Crippen molar-refractivity contribution in [3.05, 3.63) is 30.1 Å². The highest BCUT2D eigenvalue weighted by Crippen LogP contribution is 2.38. The van der Waals surface area contributed by atoms with E-state index in [1.165, 1.54) is 12.1 Å². The van der Waals surface area contributed by atoms with Gasteiger partial charge in [0, 0.05) is 10.9 Å². The van der Waals surface area contributed by atoms with E-state index in [-0.39, 0.29) is 22.5 Å². The second-order valence-corrected chi connectivity index (χ2v) is 7.53. The van der Waals surface area contributed by atoms with Gasteiger partial charge in [-0.15, -0.1) is 0 Å². The Hall–Kier alpha value is -0.740. The van der Waals surface area contributed by atoms with Gasteiger partial charge in [0.1, 0.15) is 5.82 Å². The van der Waals surface area contributed by atoms with Crippen molar-refractivity contribution < 1.29 is 8.60 Å². The minimum atomic E-state index is -1.15. The number of benzene rings is 1. The van der Waals surface area contributed by atoms with Crippen molar-refractivity contribution in [2.24, 2.45) is 11.1 Å². The number of hydrogen-bond acceptors (Lipinski definition) is 2. The van der Waals surface area contributed by atoms with Crippen LogP contribution in [0.4, 0.5) is 4.39 Å². The van der Waals surface area contributed by atoms with Crippen molar-refractivity contribution in [1.29, 1.82) is 0 Å². The molecule has 0 aromatic heterocycles. The molecule has 0 radical (unpaired) electrons. The highest BCUT2D eigenvalue weighted by Gasteiger charge is 2.36. The molecule has 0 bridgehead atoms. The van der Waals surface area contributed by atoms with Crippen LogP contribution in [0.15, 0.2) is 29.2 Å². The van der Waals surface area contributed by atoms with Crippen LogP contribution in [-0.2, 0) is 10.8 Å². The van der Waals surface area contributed by atoms with Gasteiger partial charge in [-0.05, 0) is 48.9 Å². The summed E-state index contributed by atoms with van der Waals surface area (Å²) >= 11 is 0. The standard InChI is InChI=1S/C14H20FNOS/c1-14(2)8-7-12(16)13(9-14)18(17)11-5-3-10(15)4-6-11/h3-6,12-13H,7-9,16H2,1-2H3. The number of nitrogens with two attached hydrogens (primary N) is 1. The van der Waals surface area contributed by atoms with E-state index in [9.17, 15) is 8.60 Å². The Labute approximate surface area is 110 Å². The Kier molecular flexibility index (Phi) is 3.87. The van der Waals surface area contributed by atoms with E-state index in [0.717, 1.165) is 19.3 Å². The quantitative estimate of drug-likeness (QED) is 0.897. The fourth-order valence-electron chi connectivity index (χ4n) is 2.52. The van der Waals surface area contributed by atoms with E-state index >= 15 is 0 Å². The first kappa shape index (κ1) is 13.7. The summed E-state index contributed by atoms with van der Waals surface area (Å²) in [7, 11) is -1.15. The maximum Gasteiger partial charge on any atom is 0.123 e.